The third kappa shape index (κ3) is 3.65. The number of halogens is 6. The summed E-state index contributed by atoms with van der Waals surface area (Å²) in [6.45, 7) is 0. The molecular formula is C18H11Cl3F3N3O. The van der Waals surface area contributed by atoms with Crippen molar-refractivity contribution in [3.05, 3.63) is 68.2 Å². The molecule has 28 heavy (non-hydrogen) atoms. The number of hydrogen-bond acceptors (Lipinski definition) is 4. The first-order valence-electron chi connectivity index (χ1n) is 7.81. The molecule has 2 N–H and O–H groups in total. The van der Waals surface area contributed by atoms with Gasteiger partial charge in [-0.15, -0.1) is 0 Å². The molecule has 10 heteroatoms. The van der Waals surface area contributed by atoms with E-state index in [9.17, 15) is 13.2 Å². The Morgan fingerprint density at radius 2 is 1.79 bits per heavy atom. The highest BCUT2D eigenvalue weighted by atomic mass is 35.5. The Labute approximate surface area is 173 Å². The van der Waals surface area contributed by atoms with E-state index in [2.05, 4.69) is 5.16 Å². The van der Waals surface area contributed by atoms with E-state index in [-0.39, 0.29) is 26.3 Å². The average molecular weight is 449 g/mol. The number of nitrogens with two attached hydrogens (primary N) is 1. The molecule has 0 saturated heterocycles. The van der Waals surface area contributed by atoms with Gasteiger partial charge in [-0.25, -0.2) is 0 Å². The fraction of sp³-hybridized carbons (Fsp3) is 0.222. The minimum atomic E-state index is -4.79. The predicted molar refractivity (Wildman–Crippen MR) is 100 cm³/mol. The van der Waals surface area contributed by atoms with Gasteiger partial charge >= 0.3 is 6.18 Å². The third-order valence-corrected chi connectivity index (χ3v) is 5.09. The van der Waals surface area contributed by atoms with E-state index in [0.29, 0.717) is 11.1 Å². The molecule has 2 unspecified atom stereocenters. The summed E-state index contributed by atoms with van der Waals surface area (Å²) in [6, 6.07) is 8.84. The maximum absolute atomic E-state index is 14.0. The molecule has 2 aromatic carbocycles. The van der Waals surface area contributed by atoms with Crippen molar-refractivity contribution in [1.82, 2.24) is 0 Å². The van der Waals surface area contributed by atoms with Crippen molar-refractivity contribution in [3.63, 3.8) is 0 Å². The first-order chi connectivity index (χ1) is 13.1. The Balaban J connectivity index is 2.00. The molecule has 0 aliphatic carbocycles. The standard InChI is InChI=1S/C18H11Cl3F3N3O/c19-11-4-10(5-12(20)6-11)17(18(22,23)24)7-16(27-28-17)9-1-2-13(14(21)3-9)15(26)8-25/h1-6,15H,7,26H2. The van der Waals surface area contributed by atoms with Gasteiger partial charge in [0.1, 0.15) is 6.04 Å². The van der Waals surface area contributed by atoms with Crippen LogP contribution in [0.25, 0.3) is 0 Å². The summed E-state index contributed by atoms with van der Waals surface area (Å²) in [7, 11) is 0. The first kappa shape index (κ1) is 20.7. The molecule has 0 fully saturated rings. The van der Waals surface area contributed by atoms with E-state index in [1.165, 1.54) is 24.3 Å². The van der Waals surface area contributed by atoms with Crippen LogP contribution in [0, 0.1) is 11.3 Å². The lowest BCUT2D eigenvalue weighted by Gasteiger charge is -2.29. The number of oxime groups is 1. The van der Waals surface area contributed by atoms with Gasteiger partial charge in [-0.2, -0.15) is 18.4 Å². The van der Waals surface area contributed by atoms with Crippen molar-refractivity contribution >= 4 is 40.5 Å². The Bertz CT molecular complexity index is 984. The summed E-state index contributed by atoms with van der Waals surface area (Å²) in [5.74, 6) is 0. The van der Waals surface area contributed by atoms with Crippen molar-refractivity contribution in [2.75, 3.05) is 0 Å². The van der Waals surface area contributed by atoms with E-state index < -0.39 is 24.2 Å². The van der Waals surface area contributed by atoms with E-state index in [1.54, 1.807) is 0 Å². The summed E-state index contributed by atoms with van der Waals surface area (Å²) in [6.07, 6.45) is -5.40. The Morgan fingerprint density at radius 3 is 2.32 bits per heavy atom. The maximum Gasteiger partial charge on any atom is 0.435 e. The smallest absolute Gasteiger partial charge is 0.374 e. The molecule has 2 atom stereocenters. The summed E-state index contributed by atoms with van der Waals surface area (Å²) in [4.78, 5) is 4.93. The second-order valence-electron chi connectivity index (χ2n) is 6.13. The highest BCUT2D eigenvalue weighted by Crippen LogP contribution is 2.49. The lowest BCUT2D eigenvalue weighted by Crippen LogP contribution is -2.42. The van der Waals surface area contributed by atoms with Crippen LogP contribution in [0.4, 0.5) is 13.2 Å². The fourth-order valence-electron chi connectivity index (χ4n) is 2.87. The van der Waals surface area contributed by atoms with Crippen LogP contribution in [0.3, 0.4) is 0 Å². The average Bonchev–Trinajstić information content (AvgIpc) is 3.07. The highest BCUT2D eigenvalue weighted by molar-refractivity contribution is 6.34. The number of rotatable bonds is 3. The molecule has 2 aromatic rings. The minimum Gasteiger partial charge on any atom is -0.374 e. The molecule has 0 radical (unpaired) electrons. The SMILES string of the molecule is N#CC(N)c1ccc(C2=NOC(c3cc(Cl)cc(Cl)c3)(C(F)(F)F)C2)cc1Cl. The second kappa shape index (κ2) is 7.45. The van der Waals surface area contributed by atoms with Crippen LogP contribution in [0.2, 0.25) is 15.1 Å². The van der Waals surface area contributed by atoms with E-state index in [0.717, 1.165) is 12.1 Å². The monoisotopic (exact) mass is 447 g/mol. The van der Waals surface area contributed by atoms with Gasteiger partial charge in [0.15, 0.2) is 0 Å². The molecular weight excluding hydrogens is 438 g/mol. The molecule has 3 rings (SSSR count). The van der Waals surface area contributed by atoms with Crippen molar-refractivity contribution in [1.29, 1.82) is 5.26 Å². The molecule has 146 valence electrons. The van der Waals surface area contributed by atoms with Crippen LogP contribution in [-0.2, 0) is 10.4 Å². The van der Waals surface area contributed by atoms with Gasteiger partial charge in [0, 0.05) is 38.2 Å². The van der Waals surface area contributed by atoms with Crippen LogP contribution in [0.15, 0.2) is 41.6 Å². The van der Waals surface area contributed by atoms with E-state index in [1.807, 2.05) is 6.07 Å². The molecule has 1 heterocycles. The largest absolute Gasteiger partial charge is 0.435 e. The maximum atomic E-state index is 14.0. The molecule has 0 bridgehead atoms. The second-order valence-corrected chi connectivity index (χ2v) is 7.41. The van der Waals surface area contributed by atoms with E-state index in [4.69, 9.17) is 50.6 Å². The molecule has 0 saturated carbocycles. The van der Waals surface area contributed by atoms with Crippen LogP contribution in [-0.4, -0.2) is 11.9 Å². The molecule has 1 aliphatic heterocycles. The van der Waals surface area contributed by atoms with Crippen LogP contribution in [0.5, 0.6) is 0 Å². The van der Waals surface area contributed by atoms with Crippen LogP contribution in [0.1, 0.15) is 29.2 Å². The molecule has 0 amide bonds. The predicted octanol–water partition coefficient (Wildman–Crippen LogP) is 5.75. The number of hydrogen-bond donors (Lipinski definition) is 1. The lowest BCUT2D eigenvalue weighted by atomic mass is 9.86. The molecule has 1 aliphatic rings. The van der Waals surface area contributed by atoms with Crippen LogP contribution < -0.4 is 5.73 Å². The third-order valence-electron chi connectivity index (χ3n) is 4.32. The van der Waals surface area contributed by atoms with E-state index >= 15 is 0 Å². The van der Waals surface area contributed by atoms with Crippen molar-refractivity contribution in [2.24, 2.45) is 10.9 Å². The summed E-state index contributed by atoms with van der Waals surface area (Å²) in [5, 5.41) is 12.8. The highest BCUT2D eigenvalue weighted by Gasteiger charge is 2.62. The minimum absolute atomic E-state index is 0.0346. The van der Waals surface area contributed by atoms with Crippen LogP contribution >= 0.6 is 34.8 Å². The van der Waals surface area contributed by atoms with Gasteiger partial charge in [-0.3, -0.25) is 0 Å². The summed E-state index contributed by atoms with van der Waals surface area (Å²) in [5.41, 5.74) is 3.35. The fourth-order valence-corrected chi connectivity index (χ4v) is 3.70. The Kier molecular flexibility index (Phi) is 5.52. The number of alkyl halides is 3. The van der Waals surface area contributed by atoms with Crippen molar-refractivity contribution < 1.29 is 18.0 Å². The van der Waals surface area contributed by atoms with Crippen molar-refractivity contribution in [2.45, 2.75) is 24.2 Å². The zero-order valence-electron chi connectivity index (χ0n) is 13.9. The van der Waals surface area contributed by atoms with Gasteiger partial charge < -0.3 is 10.6 Å². The Morgan fingerprint density at radius 1 is 1.14 bits per heavy atom. The van der Waals surface area contributed by atoms with Gasteiger partial charge in [0.05, 0.1) is 11.8 Å². The van der Waals surface area contributed by atoms with Gasteiger partial charge in [0.25, 0.3) is 5.60 Å². The zero-order chi connectivity index (χ0) is 20.7. The van der Waals surface area contributed by atoms with Crippen molar-refractivity contribution in [3.8, 4) is 6.07 Å². The molecule has 0 spiro atoms. The number of nitriles is 1. The number of benzene rings is 2. The zero-order valence-corrected chi connectivity index (χ0v) is 16.2. The molecule has 4 nitrogen and oxygen atoms in total. The first-order valence-corrected chi connectivity index (χ1v) is 8.94. The summed E-state index contributed by atoms with van der Waals surface area (Å²) >= 11 is 17.9. The van der Waals surface area contributed by atoms with Gasteiger partial charge in [-0.1, -0.05) is 52.1 Å². The number of nitrogens with zero attached hydrogens (tertiary/aromatic N) is 2. The Hall–Kier alpha value is -1.98. The van der Waals surface area contributed by atoms with Gasteiger partial charge in [-0.05, 0) is 24.3 Å². The quantitative estimate of drug-likeness (QED) is 0.649. The lowest BCUT2D eigenvalue weighted by molar-refractivity contribution is -0.275. The normalized spacial score (nSPS) is 20.3. The van der Waals surface area contributed by atoms with Gasteiger partial charge in [0.2, 0.25) is 0 Å². The molecule has 0 aromatic heterocycles. The summed E-state index contributed by atoms with van der Waals surface area (Å²) < 4.78 is 42.0. The topological polar surface area (TPSA) is 71.4 Å².